The Morgan fingerprint density at radius 3 is 2.66 bits per heavy atom. The summed E-state index contributed by atoms with van der Waals surface area (Å²) in [5.41, 5.74) is 1.46. The van der Waals surface area contributed by atoms with Crippen molar-refractivity contribution < 1.29 is 29.0 Å². The number of hydrogen-bond donors (Lipinski definition) is 3. The minimum absolute atomic E-state index is 0.0938. The lowest BCUT2D eigenvalue weighted by molar-refractivity contribution is -0.447. The Morgan fingerprint density at radius 2 is 1.90 bits per heavy atom. The summed E-state index contributed by atoms with van der Waals surface area (Å²) in [6, 6.07) is 16.3. The molecule has 0 bridgehead atoms. The van der Waals surface area contributed by atoms with Crippen molar-refractivity contribution in [3.05, 3.63) is 54.6 Å². The summed E-state index contributed by atoms with van der Waals surface area (Å²) in [5.74, 6) is 0.167. The molecular weight excluding hydrogens is 418 g/mol. The van der Waals surface area contributed by atoms with Gasteiger partial charge in [0, 0.05) is 11.1 Å². The molecule has 0 radical (unpaired) electrons. The first kappa shape index (κ1) is 21.3. The molecule has 0 saturated carbocycles. The SMILES string of the molecule is COOOSc1cc2cccc(NCSOO)c2c(O)c1N=Nc1ccccc1. The molecule has 0 fully saturated rings. The Bertz CT molecular complexity index is 975. The first-order chi connectivity index (χ1) is 14.2. The number of anilines is 1. The molecule has 0 aliphatic carbocycles. The Balaban J connectivity index is 2.05. The van der Waals surface area contributed by atoms with Crippen molar-refractivity contribution in [2.45, 2.75) is 4.90 Å². The average molecular weight is 435 g/mol. The number of hydrogen-bond acceptors (Lipinski definition) is 11. The Morgan fingerprint density at radius 1 is 1.07 bits per heavy atom. The van der Waals surface area contributed by atoms with Gasteiger partial charge in [-0.25, -0.2) is 10.1 Å². The number of phenolic OH excluding ortho intramolecular Hbond substituents is 1. The first-order valence-corrected chi connectivity index (χ1v) is 9.86. The summed E-state index contributed by atoms with van der Waals surface area (Å²) in [6.45, 7) is 0. The summed E-state index contributed by atoms with van der Waals surface area (Å²) in [5, 5.41) is 36.6. The normalized spacial score (nSPS) is 11.4. The highest BCUT2D eigenvalue weighted by atomic mass is 32.2. The molecule has 0 aliphatic heterocycles. The van der Waals surface area contributed by atoms with Crippen LogP contribution in [0.3, 0.4) is 0 Å². The van der Waals surface area contributed by atoms with E-state index in [-0.39, 0.29) is 17.3 Å². The maximum absolute atomic E-state index is 11.0. The van der Waals surface area contributed by atoms with E-state index in [9.17, 15) is 5.11 Å². The van der Waals surface area contributed by atoms with Crippen molar-refractivity contribution in [2.24, 2.45) is 10.2 Å². The zero-order valence-corrected chi connectivity index (χ0v) is 16.8. The fourth-order valence-electron chi connectivity index (χ4n) is 2.52. The maximum Gasteiger partial charge on any atom is 0.154 e. The third-order valence-corrected chi connectivity index (χ3v) is 4.68. The molecule has 3 aromatic rings. The van der Waals surface area contributed by atoms with Crippen LogP contribution in [0.4, 0.5) is 17.1 Å². The minimum Gasteiger partial charge on any atom is -0.505 e. The van der Waals surface area contributed by atoms with Crippen molar-refractivity contribution in [1.29, 1.82) is 0 Å². The largest absolute Gasteiger partial charge is 0.505 e. The third kappa shape index (κ3) is 5.58. The van der Waals surface area contributed by atoms with Gasteiger partial charge in [-0.3, -0.25) is 0 Å². The standard InChI is InChI=1S/C18H17N3O6S2/c1-24-26-27-29-15-10-12-6-5-9-14(19-11-28-25-23)16(12)18(22)17(15)21-20-13-7-3-2-4-8-13/h2-10,19,22-23H,11H2,1H3. The van der Waals surface area contributed by atoms with Gasteiger partial charge >= 0.3 is 0 Å². The number of nitrogens with zero attached hydrogens (tertiary/aromatic N) is 2. The van der Waals surface area contributed by atoms with Gasteiger partial charge in [0.1, 0.15) is 5.69 Å². The van der Waals surface area contributed by atoms with Crippen LogP contribution >= 0.6 is 24.1 Å². The molecule has 0 atom stereocenters. The highest BCUT2D eigenvalue weighted by Crippen LogP contribution is 2.46. The number of benzene rings is 3. The van der Waals surface area contributed by atoms with Gasteiger partial charge in [-0.15, -0.1) is 9.45 Å². The lowest BCUT2D eigenvalue weighted by atomic mass is 10.1. The monoisotopic (exact) mass is 435 g/mol. The highest BCUT2D eigenvalue weighted by molar-refractivity contribution is 7.94. The van der Waals surface area contributed by atoms with Gasteiger partial charge in [0.25, 0.3) is 0 Å². The van der Waals surface area contributed by atoms with Gasteiger partial charge in [0.15, 0.2) is 5.75 Å². The molecule has 0 aromatic heterocycles. The highest BCUT2D eigenvalue weighted by Gasteiger charge is 2.17. The molecule has 0 spiro atoms. The van der Waals surface area contributed by atoms with E-state index in [1.54, 1.807) is 24.3 Å². The molecule has 0 aliphatic rings. The smallest absolute Gasteiger partial charge is 0.154 e. The van der Waals surface area contributed by atoms with E-state index in [1.165, 1.54) is 7.11 Å². The second-order valence-corrected chi connectivity index (χ2v) is 6.83. The van der Waals surface area contributed by atoms with Crippen LogP contribution in [0.25, 0.3) is 10.8 Å². The van der Waals surface area contributed by atoms with Gasteiger partial charge in [-0.05, 0) is 29.7 Å². The summed E-state index contributed by atoms with van der Waals surface area (Å²) in [4.78, 5) is 4.89. The van der Waals surface area contributed by atoms with Crippen LogP contribution in [0.5, 0.6) is 5.75 Å². The number of nitrogens with one attached hydrogen (secondary N) is 1. The Labute approximate surface area is 174 Å². The van der Waals surface area contributed by atoms with Crippen molar-refractivity contribution in [3.63, 3.8) is 0 Å². The van der Waals surface area contributed by atoms with Crippen LogP contribution in [-0.4, -0.2) is 23.4 Å². The van der Waals surface area contributed by atoms with E-state index < -0.39 is 0 Å². The van der Waals surface area contributed by atoms with Gasteiger partial charge in [0.2, 0.25) is 0 Å². The first-order valence-electron chi connectivity index (χ1n) is 8.21. The van der Waals surface area contributed by atoms with Crippen molar-refractivity contribution in [1.82, 2.24) is 0 Å². The van der Waals surface area contributed by atoms with Crippen molar-refractivity contribution in [3.8, 4) is 5.75 Å². The summed E-state index contributed by atoms with van der Waals surface area (Å²) >= 11 is 1.64. The molecule has 11 heteroatoms. The lowest BCUT2D eigenvalue weighted by Gasteiger charge is -2.13. The summed E-state index contributed by atoms with van der Waals surface area (Å²) in [6.07, 6.45) is 0. The predicted molar refractivity (Wildman–Crippen MR) is 111 cm³/mol. The van der Waals surface area contributed by atoms with Crippen LogP contribution in [-0.2, 0) is 18.6 Å². The molecule has 0 unspecified atom stereocenters. The summed E-state index contributed by atoms with van der Waals surface area (Å²) < 4.78 is 8.90. The second-order valence-electron chi connectivity index (χ2n) is 5.41. The topological polar surface area (TPSA) is 114 Å². The quantitative estimate of drug-likeness (QED) is 0.0882. The van der Waals surface area contributed by atoms with Crippen LogP contribution < -0.4 is 5.32 Å². The van der Waals surface area contributed by atoms with Crippen LogP contribution in [0.2, 0.25) is 0 Å². The van der Waals surface area contributed by atoms with Gasteiger partial charge in [-0.2, -0.15) is 9.45 Å². The molecule has 3 aromatic carbocycles. The zero-order valence-electron chi connectivity index (χ0n) is 15.1. The minimum atomic E-state index is -0.0938. The Hall–Kier alpha value is -2.38. The predicted octanol–water partition coefficient (Wildman–Crippen LogP) is 5.98. The molecule has 9 nitrogen and oxygen atoms in total. The molecule has 0 heterocycles. The third-order valence-electron chi connectivity index (χ3n) is 3.69. The van der Waals surface area contributed by atoms with E-state index in [0.717, 1.165) is 29.5 Å². The van der Waals surface area contributed by atoms with E-state index in [2.05, 4.69) is 29.8 Å². The number of azo groups is 1. The van der Waals surface area contributed by atoms with Crippen molar-refractivity contribution in [2.75, 3.05) is 18.3 Å². The average Bonchev–Trinajstić information content (AvgIpc) is 2.74. The molecule has 3 N–H and O–H groups in total. The van der Waals surface area contributed by atoms with Crippen molar-refractivity contribution >= 4 is 51.9 Å². The fourth-order valence-corrected chi connectivity index (χ4v) is 3.34. The molecule has 0 saturated heterocycles. The number of fused-ring (bicyclic) bond motifs is 1. The molecule has 0 amide bonds. The zero-order chi connectivity index (χ0) is 20.5. The molecular formula is C18H17N3O6S2. The van der Waals surface area contributed by atoms with Crippen LogP contribution in [0.15, 0.2) is 69.7 Å². The number of rotatable bonds is 10. The van der Waals surface area contributed by atoms with E-state index in [4.69, 9.17) is 9.59 Å². The van der Waals surface area contributed by atoms with Crippen LogP contribution in [0, 0.1) is 0 Å². The summed E-state index contributed by atoms with van der Waals surface area (Å²) in [7, 11) is 1.31. The number of aromatic hydroxyl groups is 1. The van der Waals surface area contributed by atoms with Gasteiger partial charge < -0.3 is 10.4 Å². The van der Waals surface area contributed by atoms with E-state index in [1.807, 2.05) is 30.3 Å². The van der Waals surface area contributed by atoms with Crippen LogP contribution in [0.1, 0.15) is 0 Å². The van der Waals surface area contributed by atoms with E-state index in [0.29, 0.717) is 21.7 Å². The fraction of sp³-hybridized carbons (Fsp3) is 0.111. The molecule has 152 valence electrons. The number of phenols is 1. The molecule has 29 heavy (non-hydrogen) atoms. The Kier molecular flexibility index (Phi) is 8.07. The van der Waals surface area contributed by atoms with Gasteiger partial charge in [-0.1, -0.05) is 35.4 Å². The molecule has 3 rings (SSSR count). The second kappa shape index (κ2) is 11.0. The van der Waals surface area contributed by atoms with Gasteiger partial charge in [0.05, 0.1) is 47.7 Å². The maximum atomic E-state index is 11.0. The van der Waals surface area contributed by atoms with E-state index >= 15 is 0 Å². The lowest BCUT2D eigenvalue weighted by Crippen LogP contribution is -1.98.